The van der Waals surface area contributed by atoms with E-state index >= 15 is 0 Å². The summed E-state index contributed by atoms with van der Waals surface area (Å²) in [6.07, 6.45) is -2.32. The summed E-state index contributed by atoms with van der Waals surface area (Å²) in [5.41, 5.74) is 0. The van der Waals surface area contributed by atoms with Gasteiger partial charge in [-0.15, -0.1) is 0 Å². The van der Waals surface area contributed by atoms with E-state index in [0.717, 1.165) is 6.42 Å². The van der Waals surface area contributed by atoms with Crippen LogP contribution in [-0.2, 0) is 4.79 Å². The Morgan fingerprint density at radius 2 is 2.04 bits per heavy atom. The van der Waals surface area contributed by atoms with E-state index in [1.807, 2.05) is 6.92 Å². The van der Waals surface area contributed by atoms with Crippen LogP contribution in [0.3, 0.4) is 0 Å². The molecular formula is C14H26F3N5O. The molecular weight excluding hydrogens is 311 g/mol. The molecule has 1 saturated heterocycles. The molecule has 23 heavy (non-hydrogen) atoms. The molecule has 3 N–H and O–H groups in total. The number of carbonyl (C=O) groups excluding carboxylic acids is 1. The predicted octanol–water partition coefficient (Wildman–Crippen LogP) is 0.704. The smallest absolute Gasteiger partial charge is 0.356 e. The molecule has 1 heterocycles. The maximum atomic E-state index is 12.4. The Balaban J connectivity index is 2.25. The highest BCUT2D eigenvalue weighted by Gasteiger charge is 2.34. The second-order valence-electron chi connectivity index (χ2n) is 5.58. The van der Waals surface area contributed by atoms with E-state index in [4.69, 9.17) is 0 Å². The van der Waals surface area contributed by atoms with Gasteiger partial charge in [-0.05, 0) is 12.8 Å². The zero-order chi connectivity index (χ0) is 17.3. The van der Waals surface area contributed by atoms with Gasteiger partial charge in [0.2, 0.25) is 5.91 Å². The van der Waals surface area contributed by atoms with Crippen LogP contribution in [0.2, 0.25) is 0 Å². The van der Waals surface area contributed by atoms with E-state index in [0.29, 0.717) is 45.0 Å². The molecule has 1 unspecified atom stereocenters. The molecule has 6 nitrogen and oxygen atoms in total. The van der Waals surface area contributed by atoms with Crippen molar-refractivity contribution >= 4 is 11.9 Å². The summed E-state index contributed by atoms with van der Waals surface area (Å²) in [6.45, 7) is 2.92. The monoisotopic (exact) mass is 337 g/mol. The fourth-order valence-electron chi connectivity index (χ4n) is 2.38. The molecule has 0 radical (unpaired) electrons. The first-order valence-electron chi connectivity index (χ1n) is 7.87. The number of likely N-dealkylation sites (tertiary alicyclic amines) is 1. The third-order valence-electron chi connectivity index (χ3n) is 3.46. The lowest BCUT2D eigenvalue weighted by atomic mass is 10.3. The van der Waals surface area contributed by atoms with Gasteiger partial charge in [-0.25, -0.2) is 0 Å². The van der Waals surface area contributed by atoms with Crippen LogP contribution in [0.25, 0.3) is 0 Å². The molecule has 0 aromatic rings. The normalized spacial score (nSPS) is 19.7. The fraction of sp³-hybridized carbons (Fsp3) is 0.857. The largest absolute Gasteiger partial charge is 0.401 e. The number of alkyl halides is 3. The SMILES string of the molecule is CCCNC(=O)CCNC(=NC)NC1CCN(CC(F)(F)F)C1. The molecule has 134 valence electrons. The molecule has 1 fully saturated rings. The Morgan fingerprint density at radius 3 is 2.65 bits per heavy atom. The van der Waals surface area contributed by atoms with Crippen LogP contribution in [0.15, 0.2) is 4.99 Å². The molecule has 1 amide bonds. The lowest BCUT2D eigenvalue weighted by Crippen LogP contribution is -2.46. The average molecular weight is 337 g/mol. The molecule has 0 aromatic carbocycles. The number of carbonyl (C=O) groups is 1. The van der Waals surface area contributed by atoms with Crippen molar-refractivity contribution in [3.63, 3.8) is 0 Å². The van der Waals surface area contributed by atoms with Crippen molar-refractivity contribution in [2.45, 2.75) is 38.4 Å². The van der Waals surface area contributed by atoms with Crippen molar-refractivity contribution in [3.05, 3.63) is 0 Å². The summed E-state index contributed by atoms with van der Waals surface area (Å²) >= 11 is 0. The maximum absolute atomic E-state index is 12.4. The topological polar surface area (TPSA) is 68.8 Å². The van der Waals surface area contributed by atoms with Crippen molar-refractivity contribution in [2.75, 3.05) is 39.8 Å². The number of rotatable bonds is 7. The maximum Gasteiger partial charge on any atom is 0.401 e. The zero-order valence-corrected chi connectivity index (χ0v) is 13.7. The molecule has 0 aromatic heterocycles. The lowest BCUT2D eigenvalue weighted by molar-refractivity contribution is -0.143. The number of nitrogens with one attached hydrogen (secondary N) is 3. The second-order valence-corrected chi connectivity index (χ2v) is 5.58. The molecule has 0 saturated carbocycles. The van der Waals surface area contributed by atoms with E-state index in [1.165, 1.54) is 4.90 Å². The van der Waals surface area contributed by atoms with Crippen molar-refractivity contribution in [2.24, 2.45) is 4.99 Å². The molecule has 1 aliphatic heterocycles. The third kappa shape index (κ3) is 8.63. The van der Waals surface area contributed by atoms with Gasteiger partial charge in [-0.1, -0.05) is 6.92 Å². The number of hydrogen-bond donors (Lipinski definition) is 3. The van der Waals surface area contributed by atoms with Crippen molar-refractivity contribution in [3.8, 4) is 0 Å². The summed E-state index contributed by atoms with van der Waals surface area (Å²) in [5.74, 6) is 0.471. The van der Waals surface area contributed by atoms with Gasteiger partial charge >= 0.3 is 6.18 Å². The van der Waals surface area contributed by atoms with Gasteiger partial charge in [-0.3, -0.25) is 14.7 Å². The fourth-order valence-corrected chi connectivity index (χ4v) is 2.38. The van der Waals surface area contributed by atoms with Gasteiger partial charge in [0, 0.05) is 45.7 Å². The molecule has 1 atom stereocenters. The second kappa shape index (κ2) is 9.59. The summed E-state index contributed by atoms with van der Waals surface area (Å²) < 4.78 is 37.1. The van der Waals surface area contributed by atoms with Gasteiger partial charge in [0.25, 0.3) is 0 Å². The quantitative estimate of drug-likeness (QED) is 0.473. The van der Waals surface area contributed by atoms with Crippen LogP contribution in [0, 0.1) is 0 Å². The Kier molecular flexibility index (Phi) is 8.15. The lowest BCUT2D eigenvalue weighted by Gasteiger charge is -2.19. The van der Waals surface area contributed by atoms with Gasteiger partial charge in [0.1, 0.15) is 0 Å². The van der Waals surface area contributed by atoms with Crippen molar-refractivity contribution in [1.29, 1.82) is 0 Å². The van der Waals surface area contributed by atoms with E-state index < -0.39 is 12.7 Å². The van der Waals surface area contributed by atoms with Gasteiger partial charge in [0.05, 0.1) is 6.54 Å². The standard InChI is InChI=1S/C14H26F3N5O/c1-3-6-19-12(23)4-7-20-13(18-2)21-11-5-8-22(9-11)10-14(15,16)17/h11H,3-10H2,1-2H3,(H,19,23)(H2,18,20,21). The Hall–Kier alpha value is -1.51. The first kappa shape index (κ1) is 19.5. The minimum Gasteiger partial charge on any atom is -0.356 e. The van der Waals surface area contributed by atoms with Crippen molar-refractivity contribution < 1.29 is 18.0 Å². The highest BCUT2D eigenvalue weighted by atomic mass is 19.4. The van der Waals surface area contributed by atoms with Crippen LogP contribution >= 0.6 is 0 Å². The Labute approximate surface area is 134 Å². The summed E-state index contributed by atoms with van der Waals surface area (Å²) in [5, 5.41) is 8.87. The average Bonchev–Trinajstić information content (AvgIpc) is 2.88. The highest BCUT2D eigenvalue weighted by molar-refractivity contribution is 5.81. The molecule has 0 spiro atoms. The number of guanidine groups is 1. The number of aliphatic imine (C=N–C) groups is 1. The first-order valence-corrected chi connectivity index (χ1v) is 7.87. The van der Waals surface area contributed by atoms with E-state index in [9.17, 15) is 18.0 Å². The van der Waals surface area contributed by atoms with Crippen LogP contribution in [0.5, 0.6) is 0 Å². The van der Waals surface area contributed by atoms with E-state index in [-0.39, 0.29) is 11.9 Å². The van der Waals surface area contributed by atoms with Gasteiger partial charge in [0.15, 0.2) is 5.96 Å². The molecule has 0 bridgehead atoms. The van der Waals surface area contributed by atoms with Crippen LogP contribution < -0.4 is 16.0 Å². The number of amides is 1. The highest BCUT2D eigenvalue weighted by Crippen LogP contribution is 2.19. The summed E-state index contributed by atoms with van der Waals surface area (Å²) in [6, 6.07) is -0.0718. The Morgan fingerprint density at radius 1 is 1.30 bits per heavy atom. The third-order valence-corrected chi connectivity index (χ3v) is 3.46. The summed E-state index contributed by atoms with van der Waals surface area (Å²) in [7, 11) is 1.59. The zero-order valence-electron chi connectivity index (χ0n) is 13.7. The number of hydrogen-bond acceptors (Lipinski definition) is 3. The molecule has 0 aliphatic carbocycles. The van der Waals surface area contributed by atoms with Crippen LogP contribution in [0.4, 0.5) is 13.2 Å². The van der Waals surface area contributed by atoms with Gasteiger partial charge < -0.3 is 16.0 Å². The predicted molar refractivity (Wildman–Crippen MR) is 83.3 cm³/mol. The summed E-state index contributed by atoms with van der Waals surface area (Å²) in [4.78, 5) is 16.9. The Bertz CT molecular complexity index is 400. The molecule has 1 aliphatic rings. The molecule has 1 rings (SSSR count). The van der Waals surface area contributed by atoms with E-state index in [2.05, 4.69) is 20.9 Å². The first-order chi connectivity index (χ1) is 10.8. The number of halogens is 3. The minimum absolute atomic E-state index is 0.0352. The molecule has 9 heteroatoms. The van der Waals surface area contributed by atoms with Crippen LogP contribution in [0.1, 0.15) is 26.2 Å². The minimum atomic E-state index is -4.17. The van der Waals surface area contributed by atoms with Crippen molar-refractivity contribution in [1.82, 2.24) is 20.9 Å². The van der Waals surface area contributed by atoms with E-state index in [1.54, 1.807) is 7.05 Å². The van der Waals surface area contributed by atoms with Gasteiger partial charge in [-0.2, -0.15) is 13.2 Å². The van der Waals surface area contributed by atoms with Crippen LogP contribution in [-0.4, -0.2) is 68.8 Å². The number of nitrogens with zero attached hydrogens (tertiary/aromatic N) is 2.